The Bertz CT molecular complexity index is 445. The molecule has 0 bridgehead atoms. The average molecular weight is 323 g/mol. The van der Waals surface area contributed by atoms with Crippen LogP contribution < -0.4 is 0 Å². The summed E-state index contributed by atoms with van der Waals surface area (Å²) >= 11 is 6.11. The standard InChI is InChI=1S/C19H31ClN2/c1-5-21(4)18-12-14-19(15-13-18,22(6-2)7-3)16-8-10-17(20)11-9-16/h8-11,18H,5-7,12-15H2,1-4H3. The Morgan fingerprint density at radius 3 is 2.00 bits per heavy atom. The predicted octanol–water partition coefficient (Wildman–Crippen LogP) is 4.77. The summed E-state index contributed by atoms with van der Waals surface area (Å²) < 4.78 is 0. The van der Waals surface area contributed by atoms with Gasteiger partial charge in [-0.1, -0.05) is 44.5 Å². The molecule has 0 aromatic heterocycles. The second-order valence-electron chi connectivity index (χ2n) is 6.52. The van der Waals surface area contributed by atoms with Gasteiger partial charge in [-0.25, -0.2) is 0 Å². The molecule has 1 aromatic carbocycles. The summed E-state index contributed by atoms with van der Waals surface area (Å²) in [6.45, 7) is 10.2. The highest BCUT2D eigenvalue weighted by atomic mass is 35.5. The van der Waals surface area contributed by atoms with E-state index in [2.05, 4.69) is 49.8 Å². The van der Waals surface area contributed by atoms with Gasteiger partial charge in [-0.15, -0.1) is 0 Å². The van der Waals surface area contributed by atoms with Crippen LogP contribution in [0.3, 0.4) is 0 Å². The maximum Gasteiger partial charge on any atom is 0.0461 e. The van der Waals surface area contributed by atoms with Crippen LogP contribution in [0, 0.1) is 0 Å². The first-order valence-corrected chi connectivity index (χ1v) is 9.16. The van der Waals surface area contributed by atoms with Crippen molar-refractivity contribution in [2.75, 3.05) is 26.7 Å². The van der Waals surface area contributed by atoms with Crippen LogP contribution in [0.1, 0.15) is 52.0 Å². The SMILES string of the molecule is CCN(C)C1CCC(c2ccc(Cl)cc2)(N(CC)CC)CC1. The molecule has 2 nitrogen and oxygen atoms in total. The average Bonchev–Trinajstić information content (AvgIpc) is 2.56. The van der Waals surface area contributed by atoms with Crippen LogP contribution in [0.4, 0.5) is 0 Å². The van der Waals surface area contributed by atoms with E-state index in [1.165, 1.54) is 31.2 Å². The van der Waals surface area contributed by atoms with E-state index in [1.54, 1.807) is 0 Å². The van der Waals surface area contributed by atoms with Crippen LogP contribution >= 0.6 is 11.6 Å². The highest BCUT2D eigenvalue weighted by Gasteiger charge is 2.41. The number of nitrogens with zero attached hydrogens (tertiary/aromatic N) is 2. The van der Waals surface area contributed by atoms with Crippen LogP contribution in [0.2, 0.25) is 5.02 Å². The molecule has 1 fully saturated rings. The van der Waals surface area contributed by atoms with E-state index in [1.807, 2.05) is 12.1 Å². The fourth-order valence-electron chi connectivity index (χ4n) is 4.16. The molecule has 0 radical (unpaired) electrons. The molecule has 124 valence electrons. The van der Waals surface area contributed by atoms with Gasteiger partial charge in [0.05, 0.1) is 0 Å². The Kier molecular flexibility index (Phi) is 6.31. The number of benzene rings is 1. The van der Waals surface area contributed by atoms with Crippen LogP contribution in [0.15, 0.2) is 24.3 Å². The quantitative estimate of drug-likeness (QED) is 0.744. The summed E-state index contributed by atoms with van der Waals surface area (Å²) in [7, 11) is 2.26. The molecule has 1 aliphatic rings. The van der Waals surface area contributed by atoms with Gasteiger partial charge in [0.1, 0.15) is 0 Å². The van der Waals surface area contributed by atoms with Crippen LogP contribution in [-0.2, 0) is 5.54 Å². The summed E-state index contributed by atoms with van der Waals surface area (Å²) in [4.78, 5) is 5.16. The highest BCUT2D eigenvalue weighted by molar-refractivity contribution is 6.30. The van der Waals surface area contributed by atoms with Crippen molar-refractivity contribution in [1.29, 1.82) is 0 Å². The molecule has 0 amide bonds. The monoisotopic (exact) mass is 322 g/mol. The number of hydrogen-bond acceptors (Lipinski definition) is 2. The molecule has 0 aliphatic heterocycles. The van der Waals surface area contributed by atoms with Gasteiger partial charge >= 0.3 is 0 Å². The van der Waals surface area contributed by atoms with Gasteiger partial charge in [0.25, 0.3) is 0 Å². The van der Waals surface area contributed by atoms with Crippen molar-refractivity contribution in [3.05, 3.63) is 34.9 Å². The van der Waals surface area contributed by atoms with Gasteiger partial charge in [0.15, 0.2) is 0 Å². The van der Waals surface area contributed by atoms with E-state index in [9.17, 15) is 0 Å². The lowest BCUT2D eigenvalue weighted by Crippen LogP contribution is -2.51. The maximum absolute atomic E-state index is 6.11. The van der Waals surface area contributed by atoms with Crippen LogP contribution in [0.5, 0.6) is 0 Å². The zero-order chi connectivity index (χ0) is 16.2. The summed E-state index contributed by atoms with van der Waals surface area (Å²) in [5.41, 5.74) is 1.64. The lowest BCUT2D eigenvalue weighted by atomic mass is 9.73. The van der Waals surface area contributed by atoms with Crippen molar-refractivity contribution in [1.82, 2.24) is 9.80 Å². The van der Waals surface area contributed by atoms with E-state index >= 15 is 0 Å². The van der Waals surface area contributed by atoms with Gasteiger partial charge in [-0.2, -0.15) is 0 Å². The number of rotatable bonds is 6. The lowest BCUT2D eigenvalue weighted by Gasteiger charge is -2.49. The van der Waals surface area contributed by atoms with Crippen molar-refractivity contribution in [2.24, 2.45) is 0 Å². The van der Waals surface area contributed by atoms with Gasteiger partial charge in [-0.3, -0.25) is 4.90 Å². The molecule has 0 unspecified atom stereocenters. The Balaban J connectivity index is 2.27. The molecule has 1 aliphatic carbocycles. The topological polar surface area (TPSA) is 6.48 Å². The Morgan fingerprint density at radius 1 is 1.00 bits per heavy atom. The largest absolute Gasteiger partial charge is 0.304 e. The molecular formula is C19H31ClN2. The number of halogens is 1. The minimum atomic E-state index is 0.194. The van der Waals surface area contributed by atoms with E-state index in [0.717, 1.165) is 30.7 Å². The Morgan fingerprint density at radius 2 is 1.55 bits per heavy atom. The molecule has 2 rings (SSSR count). The smallest absolute Gasteiger partial charge is 0.0461 e. The second kappa shape index (κ2) is 7.81. The predicted molar refractivity (Wildman–Crippen MR) is 96.6 cm³/mol. The van der Waals surface area contributed by atoms with Gasteiger partial charge < -0.3 is 4.90 Å². The Labute approximate surface area is 141 Å². The normalized spacial score (nSPS) is 25.9. The van der Waals surface area contributed by atoms with Crippen molar-refractivity contribution < 1.29 is 0 Å². The lowest BCUT2D eigenvalue weighted by molar-refractivity contribution is 0.0289. The summed E-state index contributed by atoms with van der Waals surface area (Å²) in [5, 5.41) is 0.831. The molecule has 0 saturated heterocycles. The second-order valence-corrected chi connectivity index (χ2v) is 6.95. The van der Waals surface area contributed by atoms with Crippen molar-refractivity contribution in [2.45, 2.75) is 58.0 Å². The molecule has 1 saturated carbocycles. The first-order valence-electron chi connectivity index (χ1n) is 8.78. The van der Waals surface area contributed by atoms with E-state index < -0.39 is 0 Å². The summed E-state index contributed by atoms with van der Waals surface area (Å²) in [6, 6.07) is 9.31. The van der Waals surface area contributed by atoms with Crippen molar-refractivity contribution in [3.8, 4) is 0 Å². The molecular weight excluding hydrogens is 292 g/mol. The highest BCUT2D eigenvalue weighted by Crippen LogP contribution is 2.43. The zero-order valence-corrected chi connectivity index (χ0v) is 15.4. The fraction of sp³-hybridized carbons (Fsp3) is 0.684. The molecule has 0 atom stereocenters. The molecule has 22 heavy (non-hydrogen) atoms. The van der Waals surface area contributed by atoms with E-state index in [0.29, 0.717) is 0 Å². The maximum atomic E-state index is 6.11. The first kappa shape index (κ1) is 17.8. The minimum absolute atomic E-state index is 0.194. The van der Waals surface area contributed by atoms with Crippen molar-refractivity contribution in [3.63, 3.8) is 0 Å². The van der Waals surface area contributed by atoms with Crippen molar-refractivity contribution >= 4 is 11.6 Å². The molecule has 3 heteroatoms. The Hall–Kier alpha value is -0.570. The van der Waals surface area contributed by atoms with Crippen LogP contribution in [0.25, 0.3) is 0 Å². The third-order valence-electron chi connectivity index (χ3n) is 5.65. The molecule has 0 N–H and O–H groups in total. The van der Waals surface area contributed by atoms with E-state index in [-0.39, 0.29) is 5.54 Å². The summed E-state index contributed by atoms with van der Waals surface area (Å²) in [5.74, 6) is 0. The van der Waals surface area contributed by atoms with Crippen LogP contribution in [-0.4, -0.2) is 42.5 Å². The zero-order valence-electron chi connectivity index (χ0n) is 14.6. The minimum Gasteiger partial charge on any atom is -0.304 e. The third kappa shape index (κ3) is 3.50. The van der Waals surface area contributed by atoms with E-state index in [4.69, 9.17) is 11.6 Å². The van der Waals surface area contributed by atoms with Gasteiger partial charge in [-0.05, 0) is 70.1 Å². The third-order valence-corrected chi connectivity index (χ3v) is 5.91. The fourth-order valence-corrected chi connectivity index (χ4v) is 4.28. The summed E-state index contributed by atoms with van der Waals surface area (Å²) in [6.07, 6.45) is 5.05. The van der Waals surface area contributed by atoms with Gasteiger partial charge in [0, 0.05) is 16.6 Å². The first-order chi connectivity index (χ1) is 10.6. The molecule has 1 aromatic rings. The molecule has 0 heterocycles. The molecule has 0 spiro atoms. The van der Waals surface area contributed by atoms with Gasteiger partial charge in [0.2, 0.25) is 0 Å². The number of hydrogen-bond donors (Lipinski definition) is 0.